The second kappa shape index (κ2) is 2.47. The van der Waals surface area contributed by atoms with Gasteiger partial charge in [0.05, 0.1) is 0 Å². The lowest BCUT2D eigenvalue weighted by Gasteiger charge is -1.89. The Morgan fingerprint density at radius 2 is 2.17 bits per heavy atom. The molecule has 0 fully saturated rings. The van der Waals surface area contributed by atoms with E-state index in [0.717, 1.165) is 3.57 Å². The number of aromatic nitrogens is 3. The predicted molar refractivity (Wildman–Crippen MR) is 51.4 cm³/mol. The summed E-state index contributed by atoms with van der Waals surface area (Å²) >= 11 is 2.07. The van der Waals surface area contributed by atoms with Crippen molar-refractivity contribution in [1.82, 2.24) is 14.6 Å². The van der Waals surface area contributed by atoms with Crippen LogP contribution >= 0.6 is 22.6 Å². The van der Waals surface area contributed by atoms with E-state index in [9.17, 15) is 9.59 Å². The minimum absolute atomic E-state index is 0.373. The first-order valence-electron chi connectivity index (χ1n) is 3.17. The summed E-state index contributed by atoms with van der Waals surface area (Å²) in [5.41, 5.74) is -0.430. The summed E-state index contributed by atoms with van der Waals surface area (Å²) in [5, 5.41) is 2.45. The largest absolute Gasteiger partial charge is 0.340 e. The molecule has 2 aromatic rings. The number of rotatable bonds is 0. The van der Waals surface area contributed by atoms with Gasteiger partial charge in [-0.15, -0.1) is 0 Å². The van der Waals surface area contributed by atoms with Gasteiger partial charge < -0.3 is 0 Å². The summed E-state index contributed by atoms with van der Waals surface area (Å²) in [6.07, 6.45) is 1.67. The molecular weight excluding hydrogens is 273 g/mol. The first-order valence-corrected chi connectivity index (χ1v) is 4.25. The molecule has 2 heterocycles. The van der Waals surface area contributed by atoms with E-state index in [0.29, 0.717) is 5.52 Å². The fourth-order valence-electron chi connectivity index (χ4n) is 1.00. The Hall–Kier alpha value is -1.05. The van der Waals surface area contributed by atoms with Gasteiger partial charge in [0.15, 0.2) is 0 Å². The van der Waals surface area contributed by atoms with Gasteiger partial charge in [0.2, 0.25) is 0 Å². The van der Waals surface area contributed by atoms with Gasteiger partial charge in [-0.3, -0.25) is 14.3 Å². The van der Waals surface area contributed by atoms with E-state index in [-0.39, 0.29) is 5.56 Å². The third-order valence-corrected chi connectivity index (χ3v) is 2.06. The highest BCUT2D eigenvalue weighted by Crippen LogP contribution is 2.05. The van der Waals surface area contributed by atoms with Crippen LogP contribution in [0.3, 0.4) is 0 Å². The molecule has 2 N–H and O–H groups in total. The summed E-state index contributed by atoms with van der Waals surface area (Å²) in [6, 6.07) is 1.69. The maximum Gasteiger partial charge on any atom is 0.340 e. The second-order valence-electron chi connectivity index (χ2n) is 2.31. The molecule has 2 aromatic heterocycles. The van der Waals surface area contributed by atoms with Gasteiger partial charge in [-0.2, -0.15) is 0 Å². The van der Waals surface area contributed by atoms with Gasteiger partial charge >= 0.3 is 5.69 Å². The number of hydrogen-bond acceptors (Lipinski definition) is 2. The minimum Gasteiger partial charge on any atom is -0.271 e. The molecule has 0 aliphatic rings. The summed E-state index contributed by atoms with van der Waals surface area (Å²) in [4.78, 5) is 24.0. The molecule has 0 spiro atoms. The monoisotopic (exact) mass is 277 g/mol. The van der Waals surface area contributed by atoms with Gasteiger partial charge in [-0.1, -0.05) is 0 Å². The normalized spacial score (nSPS) is 10.8. The average Bonchev–Trinajstić information content (AvgIpc) is 2.29. The lowest BCUT2D eigenvalue weighted by molar-refractivity contribution is 0.844. The van der Waals surface area contributed by atoms with Gasteiger partial charge in [-0.05, 0) is 28.7 Å². The van der Waals surface area contributed by atoms with E-state index < -0.39 is 5.69 Å². The van der Waals surface area contributed by atoms with Crippen LogP contribution in [0.4, 0.5) is 0 Å². The first kappa shape index (κ1) is 7.59. The van der Waals surface area contributed by atoms with E-state index >= 15 is 0 Å². The molecule has 0 radical (unpaired) electrons. The number of fused-ring (bicyclic) bond motifs is 1. The third kappa shape index (κ3) is 1.07. The van der Waals surface area contributed by atoms with E-state index in [1.807, 2.05) is 0 Å². The van der Waals surface area contributed by atoms with Crippen LogP contribution in [0, 0.1) is 3.57 Å². The van der Waals surface area contributed by atoms with Crippen LogP contribution in [0.25, 0.3) is 5.52 Å². The molecule has 0 saturated heterocycles. The minimum atomic E-state index is -0.500. The SMILES string of the molecule is O=c1[nH]c(=O)c2cc(I)cn2[nH]1. The van der Waals surface area contributed by atoms with Crippen LogP contribution in [-0.4, -0.2) is 14.6 Å². The lowest BCUT2D eigenvalue weighted by Crippen LogP contribution is -2.24. The van der Waals surface area contributed by atoms with Gasteiger partial charge in [0.25, 0.3) is 5.56 Å². The van der Waals surface area contributed by atoms with E-state index in [1.165, 1.54) is 4.52 Å². The van der Waals surface area contributed by atoms with E-state index in [4.69, 9.17) is 0 Å². The number of hydrogen-bond donors (Lipinski definition) is 2. The smallest absolute Gasteiger partial charge is 0.271 e. The van der Waals surface area contributed by atoms with Crippen molar-refractivity contribution in [2.45, 2.75) is 0 Å². The Morgan fingerprint density at radius 1 is 1.42 bits per heavy atom. The molecule has 0 aromatic carbocycles. The van der Waals surface area contributed by atoms with Crippen molar-refractivity contribution in [3.05, 3.63) is 36.7 Å². The number of nitrogens with one attached hydrogen (secondary N) is 2. The summed E-state index contributed by atoms with van der Waals surface area (Å²) in [6.45, 7) is 0. The molecule has 2 rings (SSSR count). The van der Waals surface area contributed by atoms with Gasteiger partial charge in [0.1, 0.15) is 5.52 Å². The Labute approximate surface area is 79.5 Å². The van der Waals surface area contributed by atoms with Gasteiger partial charge in [-0.25, -0.2) is 9.89 Å². The maximum absolute atomic E-state index is 11.1. The zero-order valence-corrected chi connectivity index (χ0v) is 7.95. The molecule has 0 saturated carbocycles. The molecule has 5 nitrogen and oxygen atoms in total. The van der Waals surface area contributed by atoms with Crippen LogP contribution in [0.15, 0.2) is 21.9 Å². The molecule has 0 bridgehead atoms. The third-order valence-electron chi connectivity index (χ3n) is 1.47. The van der Waals surface area contributed by atoms with Crippen LogP contribution in [0.5, 0.6) is 0 Å². The lowest BCUT2D eigenvalue weighted by atomic mass is 10.5. The quantitative estimate of drug-likeness (QED) is 0.661. The molecule has 0 atom stereocenters. The molecule has 62 valence electrons. The van der Waals surface area contributed by atoms with Crippen molar-refractivity contribution in [2.24, 2.45) is 0 Å². The number of aromatic amines is 2. The highest BCUT2D eigenvalue weighted by Gasteiger charge is 2.00. The molecule has 0 unspecified atom stereocenters. The fraction of sp³-hybridized carbons (Fsp3) is 0. The van der Waals surface area contributed by atoms with Crippen LogP contribution < -0.4 is 11.2 Å². The Bertz CT molecular complexity index is 535. The fourth-order valence-corrected chi connectivity index (χ4v) is 1.58. The highest BCUT2D eigenvalue weighted by atomic mass is 127. The molecule has 0 amide bonds. The number of H-pyrrole nitrogens is 2. The Kier molecular flexibility index (Phi) is 1.56. The van der Waals surface area contributed by atoms with Crippen molar-refractivity contribution >= 4 is 28.1 Å². The van der Waals surface area contributed by atoms with Crippen LogP contribution in [-0.2, 0) is 0 Å². The molecule has 12 heavy (non-hydrogen) atoms. The van der Waals surface area contributed by atoms with Crippen LogP contribution in [0.2, 0.25) is 0 Å². The molecule has 0 aliphatic carbocycles. The zero-order valence-electron chi connectivity index (χ0n) is 5.80. The second-order valence-corrected chi connectivity index (χ2v) is 3.55. The number of halogens is 1. The van der Waals surface area contributed by atoms with E-state index in [1.54, 1.807) is 12.3 Å². The zero-order chi connectivity index (χ0) is 8.72. The predicted octanol–water partition coefficient (Wildman–Crippen LogP) is -0.0795. The van der Waals surface area contributed by atoms with E-state index in [2.05, 4.69) is 32.7 Å². The van der Waals surface area contributed by atoms with Crippen molar-refractivity contribution in [1.29, 1.82) is 0 Å². The topological polar surface area (TPSA) is 70.1 Å². The van der Waals surface area contributed by atoms with Crippen molar-refractivity contribution < 1.29 is 0 Å². The average molecular weight is 277 g/mol. The standard InChI is InChI=1S/C6H4IN3O2/c7-3-1-4-5(11)8-6(12)9-10(4)2-3/h1-2H,(H2,8,9,11,12). The van der Waals surface area contributed by atoms with Crippen molar-refractivity contribution in [2.75, 3.05) is 0 Å². The van der Waals surface area contributed by atoms with Crippen LogP contribution in [0.1, 0.15) is 0 Å². The van der Waals surface area contributed by atoms with Gasteiger partial charge in [0, 0.05) is 9.77 Å². The molecule has 0 aliphatic heterocycles. The number of nitrogens with zero attached hydrogens (tertiary/aromatic N) is 1. The highest BCUT2D eigenvalue weighted by molar-refractivity contribution is 14.1. The summed E-state index contributed by atoms with van der Waals surface area (Å²) < 4.78 is 2.31. The molecular formula is C6H4IN3O2. The van der Waals surface area contributed by atoms with Crippen molar-refractivity contribution in [3.63, 3.8) is 0 Å². The summed E-state index contributed by atoms with van der Waals surface area (Å²) in [7, 11) is 0. The molecule has 6 heteroatoms. The maximum atomic E-state index is 11.1. The first-order chi connectivity index (χ1) is 5.66. The van der Waals surface area contributed by atoms with Crippen molar-refractivity contribution in [3.8, 4) is 0 Å². The Balaban J connectivity index is 3.08. The Morgan fingerprint density at radius 3 is 2.92 bits per heavy atom. The summed E-state index contributed by atoms with van der Waals surface area (Å²) in [5.74, 6) is 0.